The van der Waals surface area contributed by atoms with Crippen molar-refractivity contribution in [2.45, 2.75) is 44.2 Å². The molecule has 1 fully saturated rings. The van der Waals surface area contributed by atoms with Crippen molar-refractivity contribution in [1.82, 2.24) is 19.9 Å². The number of nitriles is 1. The summed E-state index contributed by atoms with van der Waals surface area (Å²) in [5, 5.41) is 25.0. The van der Waals surface area contributed by atoms with E-state index in [4.69, 9.17) is 16.9 Å². The molecule has 2 aromatic heterocycles. The lowest BCUT2D eigenvalue weighted by Crippen LogP contribution is -2.24. The number of benzene rings is 1. The predicted octanol–water partition coefficient (Wildman–Crippen LogP) is 3.87. The van der Waals surface area contributed by atoms with E-state index in [1.54, 1.807) is 6.20 Å². The van der Waals surface area contributed by atoms with Crippen LogP contribution in [0.3, 0.4) is 0 Å². The van der Waals surface area contributed by atoms with Crippen molar-refractivity contribution in [3.05, 3.63) is 34.7 Å². The van der Waals surface area contributed by atoms with Crippen LogP contribution in [-0.4, -0.2) is 37.2 Å². The molecular weight excluding hydrogens is 397 g/mol. The van der Waals surface area contributed by atoms with E-state index < -0.39 is 5.82 Å². The van der Waals surface area contributed by atoms with Crippen LogP contribution in [0.1, 0.15) is 37.7 Å². The molecule has 4 N–H and O–H groups in total. The molecule has 2 atom stereocenters. The molecule has 1 aliphatic carbocycles. The van der Waals surface area contributed by atoms with Crippen molar-refractivity contribution in [2.24, 2.45) is 0 Å². The topological polar surface area (TPSA) is 123 Å². The summed E-state index contributed by atoms with van der Waals surface area (Å²) in [6.45, 7) is 0. The highest BCUT2D eigenvalue weighted by molar-refractivity contribution is 6.33. The zero-order chi connectivity index (χ0) is 20.4. The van der Waals surface area contributed by atoms with Gasteiger partial charge in [0.15, 0.2) is 5.65 Å². The van der Waals surface area contributed by atoms with Gasteiger partial charge in [-0.3, -0.25) is 0 Å². The maximum atomic E-state index is 14.2. The molecule has 10 heteroatoms. The summed E-state index contributed by atoms with van der Waals surface area (Å²) in [5.74, 6) is 0.0334. The van der Waals surface area contributed by atoms with Crippen molar-refractivity contribution in [3.63, 3.8) is 0 Å². The molecule has 8 nitrogen and oxygen atoms in total. The van der Waals surface area contributed by atoms with Crippen LogP contribution in [-0.2, 0) is 0 Å². The lowest BCUT2D eigenvalue weighted by molar-refractivity contribution is 0.154. The number of nitrogens with zero attached hydrogens (tertiary/aromatic N) is 4. The first kappa shape index (κ1) is 19.4. The van der Waals surface area contributed by atoms with Gasteiger partial charge in [0, 0.05) is 6.04 Å². The first-order valence-corrected chi connectivity index (χ1v) is 9.73. The molecular formula is C19H19ClFN7O. The van der Waals surface area contributed by atoms with E-state index in [-0.39, 0.29) is 34.4 Å². The number of imidazole rings is 1. The Labute approximate surface area is 171 Å². The molecule has 0 amide bonds. The predicted molar refractivity (Wildman–Crippen MR) is 108 cm³/mol. The number of aliphatic hydroxyl groups is 1. The number of aromatic nitrogens is 4. The quantitative estimate of drug-likeness (QED) is 0.477. The second-order valence-corrected chi connectivity index (χ2v) is 7.49. The summed E-state index contributed by atoms with van der Waals surface area (Å²) < 4.78 is 14.2. The van der Waals surface area contributed by atoms with Crippen LogP contribution >= 0.6 is 11.6 Å². The van der Waals surface area contributed by atoms with Gasteiger partial charge in [-0.05, 0) is 31.4 Å². The van der Waals surface area contributed by atoms with Gasteiger partial charge in [0.2, 0.25) is 11.9 Å². The Hall–Kier alpha value is -2.96. The molecule has 4 rings (SSSR count). The number of H-pyrrole nitrogens is 1. The molecule has 0 bridgehead atoms. The Kier molecular flexibility index (Phi) is 5.47. The van der Waals surface area contributed by atoms with E-state index in [0.29, 0.717) is 23.5 Å². The highest BCUT2D eigenvalue weighted by atomic mass is 35.5. The van der Waals surface area contributed by atoms with Gasteiger partial charge in [0.05, 0.1) is 34.6 Å². The Morgan fingerprint density at radius 1 is 1.28 bits per heavy atom. The number of aliphatic hydroxyl groups excluding tert-OH is 1. The van der Waals surface area contributed by atoms with E-state index in [1.807, 2.05) is 6.07 Å². The average molecular weight is 416 g/mol. The Morgan fingerprint density at radius 3 is 2.90 bits per heavy atom. The summed E-state index contributed by atoms with van der Waals surface area (Å²) in [6.07, 6.45) is 5.75. The van der Waals surface area contributed by atoms with Crippen molar-refractivity contribution in [1.29, 1.82) is 5.26 Å². The highest BCUT2D eigenvalue weighted by Crippen LogP contribution is 2.29. The fourth-order valence-electron chi connectivity index (χ4n) is 3.46. The smallest absolute Gasteiger partial charge is 0.224 e. The number of nitrogens with one attached hydrogen (secondary N) is 3. The summed E-state index contributed by atoms with van der Waals surface area (Å²) in [6, 6.07) is 4.43. The molecule has 150 valence electrons. The Balaban J connectivity index is 1.54. The third-order valence-corrected chi connectivity index (χ3v) is 5.18. The molecule has 0 aliphatic heterocycles. The fraction of sp³-hybridized carbons (Fsp3) is 0.368. The largest absolute Gasteiger partial charge is 0.393 e. The zero-order valence-electron chi connectivity index (χ0n) is 15.4. The van der Waals surface area contributed by atoms with E-state index >= 15 is 0 Å². The molecule has 3 aromatic rings. The molecule has 29 heavy (non-hydrogen) atoms. The van der Waals surface area contributed by atoms with Crippen molar-refractivity contribution in [2.75, 3.05) is 10.6 Å². The normalized spacial score (nSPS) is 19.5. The van der Waals surface area contributed by atoms with Crippen molar-refractivity contribution in [3.8, 4) is 6.07 Å². The number of hydrogen-bond acceptors (Lipinski definition) is 7. The van der Waals surface area contributed by atoms with Crippen LogP contribution in [0, 0.1) is 17.1 Å². The van der Waals surface area contributed by atoms with Crippen LogP contribution in [0.4, 0.5) is 22.0 Å². The lowest BCUT2D eigenvalue weighted by atomic mass is 10.1. The summed E-state index contributed by atoms with van der Waals surface area (Å²) >= 11 is 6.07. The summed E-state index contributed by atoms with van der Waals surface area (Å²) in [7, 11) is 0. The van der Waals surface area contributed by atoms with Gasteiger partial charge in [-0.1, -0.05) is 24.4 Å². The maximum absolute atomic E-state index is 14.2. The molecule has 1 aliphatic rings. The molecule has 0 unspecified atom stereocenters. The van der Waals surface area contributed by atoms with Gasteiger partial charge in [-0.15, -0.1) is 0 Å². The Bertz CT molecular complexity index is 1060. The summed E-state index contributed by atoms with van der Waals surface area (Å²) in [5.41, 5.74) is 1.13. The van der Waals surface area contributed by atoms with Gasteiger partial charge >= 0.3 is 0 Å². The van der Waals surface area contributed by atoms with Gasteiger partial charge < -0.3 is 20.7 Å². The second kappa shape index (κ2) is 8.19. The van der Waals surface area contributed by atoms with Crippen LogP contribution in [0.2, 0.25) is 5.02 Å². The minimum absolute atomic E-state index is 0.0171. The van der Waals surface area contributed by atoms with Gasteiger partial charge in [-0.2, -0.15) is 10.2 Å². The standard InChI is InChI=1S/C19H19ClFN7O/c20-13-5-10(8-22)6-14(21)16(13)26-19-25-15-9-23-18(27-17(15)28-19)24-11-3-1-2-4-12(29)7-11/h5-6,9,11-12,29H,1-4,7H2,(H3,23,24,25,26,27,28)/t11-,12-/m0/s1. The van der Waals surface area contributed by atoms with Gasteiger partial charge in [0.1, 0.15) is 11.3 Å². The minimum Gasteiger partial charge on any atom is -0.393 e. The Morgan fingerprint density at radius 2 is 2.10 bits per heavy atom. The lowest BCUT2D eigenvalue weighted by Gasteiger charge is -2.17. The second-order valence-electron chi connectivity index (χ2n) is 7.08. The molecule has 2 heterocycles. The van der Waals surface area contributed by atoms with E-state index in [0.717, 1.165) is 31.7 Å². The van der Waals surface area contributed by atoms with Crippen molar-refractivity contribution < 1.29 is 9.50 Å². The third-order valence-electron chi connectivity index (χ3n) is 4.88. The number of rotatable bonds is 4. The molecule has 0 saturated heterocycles. The average Bonchev–Trinajstić information content (AvgIpc) is 2.97. The van der Waals surface area contributed by atoms with E-state index in [1.165, 1.54) is 6.07 Å². The molecule has 0 radical (unpaired) electrons. The number of hydrogen-bond donors (Lipinski definition) is 4. The van der Waals surface area contributed by atoms with Gasteiger partial charge in [0.25, 0.3) is 0 Å². The van der Waals surface area contributed by atoms with Crippen LogP contribution in [0.5, 0.6) is 0 Å². The highest BCUT2D eigenvalue weighted by Gasteiger charge is 2.19. The number of aromatic amines is 1. The number of anilines is 3. The molecule has 1 saturated carbocycles. The zero-order valence-corrected chi connectivity index (χ0v) is 16.2. The van der Waals surface area contributed by atoms with E-state index in [2.05, 4.69) is 30.6 Å². The van der Waals surface area contributed by atoms with Crippen LogP contribution in [0.25, 0.3) is 11.2 Å². The van der Waals surface area contributed by atoms with Gasteiger partial charge in [-0.25, -0.2) is 14.4 Å². The number of halogens is 2. The summed E-state index contributed by atoms with van der Waals surface area (Å²) in [4.78, 5) is 16.0. The first-order chi connectivity index (χ1) is 14.0. The monoisotopic (exact) mass is 415 g/mol. The minimum atomic E-state index is -0.658. The SMILES string of the molecule is N#Cc1cc(F)c(Nc2nc3cnc(N[C@H]4CCCC[C@H](O)C4)nc3[nH]2)c(Cl)c1. The first-order valence-electron chi connectivity index (χ1n) is 9.35. The van der Waals surface area contributed by atoms with Crippen molar-refractivity contribution >= 4 is 40.3 Å². The number of fused-ring (bicyclic) bond motifs is 1. The third kappa shape index (κ3) is 4.39. The van der Waals surface area contributed by atoms with Crippen LogP contribution in [0.15, 0.2) is 18.3 Å². The molecule has 1 aromatic carbocycles. The fourth-order valence-corrected chi connectivity index (χ4v) is 3.72. The van der Waals surface area contributed by atoms with E-state index in [9.17, 15) is 9.50 Å². The van der Waals surface area contributed by atoms with Crippen LogP contribution < -0.4 is 10.6 Å². The molecule has 0 spiro atoms. The maximum Gasteiger partial charge on any atom is 0.224 e.